The first-order valence-corrected chi connectivity index (χ1v) is 17.6. The van der Waals surface area contributed by atoms with Gasteiger partial charge in [-0.05, 0) is 57.0 Å². The number of hydrogen-bond donors (Lipinski definition) is 7. The number of carbonyl (C=O) groups excluding carboxylic acids is 8. The number of benzene rings is 2. The molecule has 1 aliphatic rings. The quantitative estimate of drug-likeness (QED) is 0.0951. The zero-order chi connectivity index (χ0) is 41.5. The van der Waals surface area contributed by atoms with Crippen molar-refractivity contribution in [1.82, 2.24) is 21.3 Å². The molecule has 55 heavy (non-hydrogen) atoms. The summed E-state index contributed by atoms with van der Waals surface area (Å²) in [5.74, 6) is -4.03. The Morgan fingerprint density at radius 2 is 1.35 bits per heavy atom. The summed E-state index contributed by atoms with van der Waals surface area (Å²) < 4.78 is 4.88. The van der Waals surface area contributed by atoms with E-state index in [-0.39, 0.29) is 38.5 Å². The first kappa shape index (κ1) is 46.9. The second-order valence-electron chi connectivity index (χ2n) is 11.9. The lowest BCUT2D eigenvalue weighted by molar-refractivity contribution is -0.136. The summed E-state index contributed by atoms with van der Waals surface area (Å²) in [5.41, 5.74) is 6.44. The van der Waals surface area contributed by atoms with Crippen molar-refractivity contribution < 1.29 is 53.0 Å². The van der Waals surface area contributed by atoms with Gasteiger partial charge in [-0.1, -0.05) is 52.0 Å². The van der Waals surface area contributed by atoms with Crippen LogP contribution in [0.25, 0.3) is 0 Å². The Hall–Kier alpha value is -6.16. The lowest BCUT2D eigenvalue weighted by atomic mass is 10.0. The molecule has 0 saturated heterocycles. The van der Waals surface area contributed by atoms with Gasteiger partial charge in [0, 0.05) is 30.8 Å². The number of imide groups is 1. The zero-order valence-corrected chi connectivity index (χ0v) is 32.2. The SMILES string of the molecule is CC(C)C(NC(=O)CNC(=O)Cc1ccc(N2C(=O)C=CC2=O)cc1)C(=O)NCC(=O)Nc1ccc(COC(=O)P)cc1.CCC(=O)O.CCCNC(N)=O. The molecule has 1 heterocycles. The van der Waals surface area contributed by atoms with Crippen molar-refractivity contribution in [1.29, 1.82) is 0 Å². The fraction of sp³-hybridized carbons (Fsp3) is 0.361. The first-order chi connectivity index (χ1) is 26.0. The van der Waals surface area contributed by atoms with Crippen LogP contribution in [-0.2, 0) is 51.3 Å². The van der Waals surface area contributed by atoms with Crippen molar-refractivity contribution >= 4 is 73.8 Å². The van der Waals surface area contributed by atoms with Gasteiger partial charge in [0.15, 0.2) is 0 Å². The summed E-state index contributed by atoms with van der Waals surface area (Å²) in [4.78, 5) is 105. The van der Waals surface area contributed by atoms with Crippen LogP contribution < -0.4 is 37.2 Å². The van der Waals surface area contributed by atoms with E-state index >= 15 is 0 Å². The Morgan fingerprint density at radius 1 is 0.800 bits per heavy atom. The average Bonchev–Trinajstić information content (AvgIpc) is 3.48. The summed E-state index contributed by atoms with van der Waals surface area (Å²) in [6, 6.07) is 11.5. The number of rotatable bonds is 16. The molecule has 0 saturated carbocycles. The maximum absolute atomic E-state index is 12.7. The van der Waals surface area contributed by atoms with Crippen molar-refractivity contribution in [2.75, 3.05) is 29.9 Å². The molecule has 8 amide bonds. The third-order valence-corrected chi connectivity index (χ3v) is 7.14. The molecular formula is C36H48N7O11P. The van der Waals surface area contributed by atoms with Gasteiger partial charge in [-0.2, -0.15) is 0 Å². The number of nitrogens with two attached hydrogens (primary N) is 1. The van der Waals surface area contributed by atoms with Crippen molar-refractivity contribution in [3.05, 3.63) is 71.8 Å². The smallest absolute Gasteiger partial charge is 0.320 e. The summed E-state index contributed by atoms with van der Waals surface area (Å²) >= 11 is 0. The van der Waals surface area contributed by atoms with Crippen LogP contribution in [0.2, 0.25) is 0 Å². The topological polar surface area (TPSA) is 272 Å². The van der Waals surface area contributed by atoms with E-state index in [2.05, 4.69) is 26.6 Å². The molecule has 8 N–H and O–H groups in total. The van der Waals surface area contributed by atoms with E-state index in [1.54, 1.807) is 69.3 Å². The number of aliphatic carboxylic acids is 1. The summed E-state index contributed by atoms with van der Waals surface area (Å²) in [5, 5.41) is 20.4. The number of nitrogens with zero attached hydrogens (tertiary/aromatic N) is 1. The molecule has 18 nitrogen and oxygen atoms in total. The lowest BCUT2D eigenvalue weighted by Gasteiger charge is -2.21. The molecule has 2 aromatic rings. The van der Waals surface area contributed by atoms with Crippen molar-refractivity contribution in [2.24, 2.45) is 11.7 Å². The van der Waals surface area contributed by atoms with Gasteiger partial charge >= 0.3 is 17.7 Å². The molecule has 0 radical (unpaired) electrons. The van der Waals surface area contributed by atoms with Crippen LogP contribution >= 0.6 is 9.24 Å². The van der Waals surface area contributed by atoms with Gasteiger partial charge in [0.1, 0.15) is 12.6 Å². The number of carboxylic acid groups (broad SMARTS) is 1. The highest BCUT2D eigenvalue weighted by Gasteiger charge is 2.26. The predicted molar refractivity (Wildman–Crippen MR) is 205 cm³/mol. The van der Waals surface area contributed by atoms with Crippen molar-refractivity contribution in [2.45, 2.75) is 59.6 Å². The Bertz CT molecular complexity index is 1680. The third-order valence-electron chi connectivity index (χ3n) is 6.97. The molecule has 0 bridgehead atoms. The fourth-order valence-electron chi connectivity index (χ4n) is 4.17. The van der Waals surface area contributed by atoms with Gasteiger partial charge in [0.05, 0.1) is 25.2 Å². The van der Waals surface area contributed by atoms with Crippen LogP contribution in [-0.4, -0.2) is 83.9 Å². The number of carboxylic acids is 1. The maximum atomic E-state index is 12.7. The number of ether oxygens (including phenoxy) is 1. The standard InChI is InChI=1S/C29H32N5O8P.C4H10N2O.C3H6O2/c1-17(2)27(28(40)31-15-23(36)32-20-7-3-19(4-8-20)16-42-29(41)43)33-24(37)14-30-22(35)13-18-5-9-21(10-6-18)34-25(38)11-12-26(34)39;1-2-3-6-4(5)7;1-2-3(4)5/h3-12,17,27H,13-16,43H2,1-2H3,(H,30,35)(H,31,40)(H,32,36)(H,33,37);2-3H2,1H3,(H3,5,6,7);2H2,1H3,(H,4,5). The Morgan fingerprint density at radius 3 is 1.82 bits per heavy atom. The van der Waals surface area contributed by atoms with Gasteiger partial charge in [-0.25, -0.2) is 14.5 Å². The zero-order valence-electron chi connectivity index (χ0n) is 31.0. The summed E-state index contributed by atoms with van der Waals surface area (Å²) in [6.45, 7) is 7.08. The van der Waals surface area contributed by atoms with Crippen molar-refractivity contribution in [3.63, 3.8) is 0 Å². The Balaban J connectivity index is 0.00000109. The number of nitrogens with one attached hydrogen (secondary N) is 5. The molecule has 0 aliphatic carbocycles. The fourth-order valence-corrected chi connectivity index (χ4v) is 4.26. The minimum Gasteiger partial charge on any atom is -0.481 e. The number of urea groups is 1. The van der Waals surface area contributed by atoms with Crippen LogP contribution in [0.4, 0.5) is 21.0 Å². The van der Waals surface area contributed by atoms with Gasteiger partial charge in [-0.15, -0.1) is 0 Å². The largest absolute Gasteiger partial charge is 0.481 e. The van der Waals surface area contributed by atoms with E-state index in [9.17, 15) is 43.2 Å². The Kier molecular flexibility index (Phi) is 21.3. The minimum atomic E-state index is -0.950. The molecule has 0 spiro atoms. The second-order valence-corrected chi connectivity index (χ2v) is 12.3. The molecule has 2 unspecified atom stereocenters. The van der Waals surface area contributed by atoms with E-state index in [0.29, 0.717) is 23.5 Å². The average molecular weight is 786 g/mol. The monoisotopic (exact) mass is 785 g/mol. The number of anilines is 2. The van der Waals surface area contributed by atoms with E-state index in [4.69, 9.17) is 15.6 Å². The van der Waals surface area contributed by atoms with Crippen LogP contribution in [0.1, 0.15) is 51.7 Å². The first-order valence-electron chi connectivity index (χ1n) is 17.0. The van der Waals surface area contributed by atoms with Crippen LogP contribution in [0.3, 0.4) is 0 Å². The van der Waals surface area contributed by atoms with Crippen molar-refractivity contribution in [3.8, 4) is 0 Å². The van der Waals surface area contributed by atoms with Crippen LogP contribution in [0, 0.1) is 5.92 Å². The molecule has 0 fully saturated rings. The number of primary amides is 1. The molecule has 2 aromatic carbocycles. The maximum Gasteiger partial charge on any atom is 0.320 e. The van der Waals surface area contributed by atoms with E-state index in [1.807, 2.05) is 16.2 Å². The molecule has 3 rings (SSSR count). The highest BCUT2D eigenvalue weighted by molar-refractivity contribution is 7.39. The third kappa shape index (κ3) is 19.5. The van der Waals surface area contributed by atoms with Crippen LogP contribution in [0.15, 0.2) is 60.7 Å². The predicted octanol–water partition coefficient (Wildman–Crippen LogP) is 1.73. The van der Waals surface area contributed by atoms with E-state index in [1.165, 1.54) is 12.2 Å². The highest BCUT2D eigenvalue weighted by Crippen LogP contribution is 2.19. The second kappa shape index (κ2) is 25.0. The summed E-state index contributed by atoms with van der Waals surface area (Å²) in [7, 11) is 1.91. The molecule has 298 valence electrons. The van der Waals surface area contributed by atoms with E-state index < -0.39 is 59.2 Å². The van der Waals surface area contributed by atoms with E-state index in [0.717, 1.165) is 16.9 Å². The highest BCUT2D eigenvalue weighted by atomic mass is 31.0. The molecule has 0 aromatic heterocycles. The normalized spacial score (nSPS) is 11.9. The minimum absolute atomic E-state index is 0.0506. The number of hydrogen-bond acceptors (Lipinski definition) is 10. The lowest BCUT2D eigenvalue weighted by Crippen LogP contribution is -2.53. The number of amides is 8. The van der Waals surface area contributed by atoms with Gasteiger partial charge in [-0.3, -0.25) is 33.6 Å². The molecular weight excluding hydrogens is 737 g/mol. The molecule has 19 heteroatoms. The van der Waals surface area contributed by atoms with Gasteiger partial charge < -0.3 is 42.2 Å². The summed E-state index contributed by atoms with van der Waals surface area (Å²) in [6.07, 6.45) is 3.46. The molecule has 1 aliphatic heterocycles. The van der Waals surface area contributed by atoms with Gasteiger partial charge in [0.25, 0.3) is 11.8 Å². The van der Waals surface area contributed by atoms with Crippen LogP contribution in [0.5, 0.6) is 0 Å². The molecule has 2 atom stereocenters. The van der Waals surface area contributed by atoms with Gasteiger partial charge in [0.2, 0.25) is 23.6 Å². The Labute approximate surface area is 320 Å². The number of carbonyl (C=O) groups is 9.